The van der Waals surface area contributed by atoms with Gasteiger partial charge in [-0.15, -0.1) is 0 Å². The minimum Gasteiger partial charge on any atom is -0.357 e. The predicted octanol–water partition coefficient (Wildman–Crippen LogP) is 1.18. The summed E-state index contributed by atoms with van der Waals surface area (Å²) in [4.78, 5) is 23.5. The second-order valence-electron chi connectivity index (χ2n) is 3.79. The van der Waals surface area contributed by atoms with Crippen molar-refractivity contribution in [1.29, 1.82) is 0 Å². The molecular weight excluding hydrogens is 240 g/mol. The molecule has 0 amide bonds. The SMILES string of the molecule is CC(O)(O)SC1=Cc2ccccc2C(=O)C1=O. The molecule has 17 heavy (non-hydrogen) atoms. The van der Waals surface area contributed by atoms with Crippen LogP contribution in [0.25, 0.3) is 6.08 Å². The zero-order valence-corrected chi connectivity index (χ0v) is 9.82. The lowest BCUT2D eigenvalue weighted by Crippen LogP contribution is -2.25. The average molecular weight is 250 g/mol. The lowest BCUT2D eigenvalue weighted by molar-refractivity contribution is -0.111. The number of benzene rings is 1. The van der Waals surface area contributed by atoms with Crippen LogP contribution in [0.15, 0.2) is 29.2 Å². The summed E-state index contributed by atoms with van der Waals surface area (Å²) in [6.07, 6.45) is 1.49. The number of carbonyl (C=O) groups excluding carboxylic acids is 2. The van der Waals surface area contributed by atoms with E-state index in [0.29, 0.717) is 22.9 Å². The highest BCUT2D eigenvalue weighted by molar-refractivity contribution is 8.05. The lowest BCUT2D eigenvalue weighted by atomic mass is 9.95. The zero-order valence-electron chi connectivity index (χ0n) is 9.01. The molecule has 2 N–H and O–H groups in total. The largest absolute Gasteiger partial charge is 0.357 e. The minimum absolute atomic E-state index is 0.0428. The van der Waals surface area contributed by atoms with Crippen LogP contribution in [0.2, 0.25) is 0 Å². The molecule has 5 heteroatoms. The number of Topliss-reactive ketones (excluding diaryl/α,β-unsaturated/α-hetero) is 2. The maximum absolute atomic E-state index is 11.7. The first-order valence-corrected chi connectivity index (χ1v) is 5.73. The third-order valence-electron chi connectivity index (χ3n) is 2.23. The van der Waals surface area contributed by atoms with E-state index < -0.39 is 16.7 Å². The number of fused-ring (bicyclic) bond motifs is 1. The molecule has 0 fully saturated rings. The number of ketones is 2. The Labute approximate surface area is 102 Å². The topological polar surface area (TPSA) is 74.6 Å². The number of rotatable bonds is 2. The summed E-state index contributed by atoms with van der Waals surface area (Å²) in [5.74, 6) is -1.32. The van der Waals surface area contributed by atoms with E-state index in [1.807, 2.05) is 0 Å². The van der Waals surface area contributed by atoms with Crippen LogP contribution in [0.1, 0.15) is 22.8 Å². The predicted molar refractivity (Wildman–Crippen MR) is 64.2 cm³/mol. The van der Waals surface area contributed by atoms with Gasteiger partial charge in [0.2, 0.25) is 16.7 Å². The van der Waals surface area contributed by atoms with Gasteiger partial charge >= 0.3 is 0 Å². The Morgan fingerprint density at radius 1 is 1.12 bits per heavy atom. The molecule has 0 saturated carbocycles. The summed E-state index contributed by atoms with van der Waals surface area (Å²) in [5.41, 5.74) is 0.961. The van der Waals surface area contributed by atoms with Crippen molar-refractivity contribution < 1.29 is 19.8 Å². The van der Waals surface area contributed by atoms with Crippen LogP contribution in [-0.4, -0.2) is 26.9 Å². The number of thioether (sulfide) groups is 1. The molecule has 88 valence electrons. The number of aliphatic hydroxyl groups is 2. The van der Waals surface area contributed by atoms with Crippen LogP contribution in [-0.2, 0) is 4.79 Å². The van der Waals surface area contributed by atoms with Gasteiger partial charge in [-0.05, 0) is 11.6 Å². The van der Waals surface area contributed by atoms with E-state index in [1.165, 1.54) is 6.08 Å². The Hall–Kier alpha value is -1.43. The van der Waals surface area contributed by atoms with Crippen molar-refractivity contribution in [2.24, 2.45) is 0 Å². The minimum atomic E-state index is -2.08. The first kappa shape index (κ1) is 12.0. The van der Waals surface area contributed by atoms with E-state index in [1.54, 1.807) is 24.3 Å². The summed E-state index contributed by atoms with van der Waals surface area (Å²) >= 11 is 0.555. The molecule has 0 saturated heterocycles. The molecule has 0 spiro atoms. The molecule has 0 bridgehead atoms. The van der Waals surface area contributed by atoms with E-state index in [4.69, 9.17) is 0 Å². The van der Waals surface area contributed by atoms with Gasteiger partial charge in [0, 0.05) is 12.5 Å². The van der Waals surface area contributed by atoms with Gasteiger partial charge in [-0.2, -0.15) is 0 Å². The summed E-state index contributed by atoms with van der Waals surface area (Å²) in [5, 5.41) is 16.4. The zero-order chi connectivity index (χ0) is 12.6. The Bertz CT molecular complexity index is 526. The maximum atomic E-state index is 11.7. The van der Waals surface area contributed by atoms with Crippen LogP contribution in [0.4, 0.5) is 0 Å². The number of hydrogen-bond donors (Lipinski definition) is 2. The van der Waals surface area contributed by atoms with Gasteiger partial charge in [0.05, 0.1) is 4.91 Å². The van der Waals surface area contributed by atoms with Gasteiger partial charge in [-0.3, -0.25) is 9.59 Å². The van der Waals surface area contributed by atoms with Gasteiger partial charge in [-0.1, -0.05) is 36.0 Å². The van der Waals surface area contributed by atoms with Gasteiger partial charge in [-0.25, -0.2) is 0 Å². The van der Waals surface area contributed by atoms with Crippen molar-refractivity contribution >= 4 is 29.4 Å². The molecule has 4 nitrogen and oxygen atoms in total. The van der Waals surface area contributed by atoms with Crippen molar-refractivity contribution in [3.8, 4) is 0 Å². The normalized spacial score (nSPS) is 15.6. The van der Waals surface area contributed by atoms with Gasteiger partial charge < -0.3 is 10.2 Å². The van der Waals surface area contributed by atoms with Crippen LogP contribution in [0.5, 0.6) is 0 Å². The number of carbonyl (C=O) groups is 2. The quantitative estimate of drug-likeness (QED) is 0.609. The first-order chi connectivity index (χ1) is 7.88. The summed E-state index contributed by atoms with van der Waals surface area (Å²) in [6, 6.07) is 6.70. The van der Waals surface area contributed by atoms with Crippen LogP contribution in [0.3, 0.4) is 0 Å². The molecule has 1 aromatic carbocycles. The Morgan fingerprint density at radius 3 is 2.41 bits per heavy atom. The smallest absolute Gasteiger partial charge is 0.240 e. The van der Waals surface area contributed by atoms with Crippen LogP contribution < -0.4 is 0 Å². The lowest BCUT2D eigenvalue weighted by Gasteiger charge is -2.19. The molecule has 0 aromatic heterocycles. The molecular formula is C12H10O4S. The molecule has 0 atom stereocenters. The summed E-state index contributed by atoms with van der Waals surface area (Å²) < 4.78 is 0. The van der Waals surface area contributed by atoms with Crippen molar-refractivity contribution in [1.82, 2.24) is 0 Å². The fraction of sp³-hybridized carbons (Fsp3) is 0.167. The fourth-order valence-corrected chi connectivity index (χ4v) is 2.34. The summed E-state index contributed by atoms with van der Waals surface area (Å²) in [6.45, 7) is 1.14. The highest BCUT2D eigenvalue weighted by Gasteiger charge is 2.31. The van der Waals surface area contributed by atoms with E-state index in [0.717, 1.165) is 6.92 Å². The van der Waals surface area contributed by atoms with Crippen molar-refractivity contribution in [3.05, 3.63) is 40.3 Å². The monoisotopic (exact) mass is 250 g/mol. The van der Waals surface area contributed by atoms with Gasteiger partial charge in [0.15, 0.2) is 0 Å². The van der Waals surface area contributed by atoms with Gasteiger partial charge in [0.25, 0.3) is 0 Å². The highest BCUT2D eigenvalue weighted by Crippen LogP contribution is 2.33. The molecule has 0 aliphatic heterocycles. The molecule has 1 aromatic rings. The third kappa shape index (κ3) is 2.46. The number of allylic oxidation sites excluding steroid dienone is 1. The molecule has 0 heterocycles. The van der Waals surface area contributed by atoms with E-state index in [2.05, 4.69) is 0 Å². The Morgan fingerprint density at radius 2 is 1.76 bits per heavy atom. The van der Waals surface area contributed by atoms with Crippen molar-refractivity contribution in [3.63, 3.8) is 0 Å². The molecule has 2 rings (SSSR count). The van der Waals surface area contributed by atoms with Crippen molar-refractivity contribution in [2.75, 3.05) is 0 Å². The molecule has 0 radical (unpaired) electrons. The van der Waals surface area contributed by atoms with E-state index in [9.17, 15) is 19.8 Å². The second-order valence-corrected chi connectivity index (χ2v) is 5.21. The molecule has 0 unspecified atom stereocenters. The average Bonchev–Trinajstić information content (AvgIpc) is 2.24. The Kier molecular flexibility index (Phi) is 2.91. The highest BCUT2D eigenvalue weighted by atomic mass is 32.2. The van der Waals surface area contributed by atoms with Crippen molar-refractivity contribution in [2.45, 2.75) is 12.0 Å². The first-order valence-electron chi connectivity index (χ1n) is 4.92. The van der Waals surface area contributed by atoms with Gasteiger partial charge in [0.1, 0.15) is 0 Å². The Balaban J connectivity index is 2.46. The van der Waals surface area contributed by atoms with E-state index in [-0.39, 0.29) is 4.91 Å². The maximum Gasteiger partial charge on any atom is 0.240 e. The molecule has 1 aliphatic carbocycles. The van der Waals surface area contributed by atoms with Crippen LogP contribution in [0, 0.1) is 0 Å². The fourth-order valence-electron chi connectivity index (χ4n) is 1.55. The second kappa shape index (κ2) is 4.10. The third-order valence-corrected chi connectivity index (χ3v) is 3.14. The standard InChI is InChI=1S/C12H10O4S/c1-12(15,16)17-9-6-7-4-2-3-5-8(7)10(13)11(9)14/h2-6,15-16H,1H3. The van der Waals surface area contributed by atoms with Crippen LogP contribution >= 0.6 is 11.8 Å². The summed E-state index contributed by atoms with van der Waals surface area (Å²) in [7, 11) is 0. The molecule has 1 aliphatic rings. The van der Waals surface area contributed by atoms with E-state index >= 15 is 0 Å². The number of hydrogen-bond acceptors (Lipinski definition) is 5.